The molecule has 12 heteroatoms. The number of rotatable bonds is 10. The Kier molecular flexibility index (Phi) is 7.80. The summed E-state index contributed by atoms with van der Waals surface area (Å²) in [7, 11) is 0. The SMILES string of the molecule is CCOc1ccc(-n2c(Cc3cc(=O)[nH]c(=O)[nH]3)nnc2SCC(=O)NC[C@@H]2CCCO2)cc1. The molecule has 1 fully saturated rings. The molecule has 3 heterocycles. The minimum Gasteiger partial charge on any atom is -0.494 e. The maximum atomic E-state index is 12.4. The van der Waals surface area contributed by atoms with E-state index in [1.165, 1.54) is 17.8 Å². The van der Waals surface area contributed by atoms with Gasteiger partial charge >= 0.3 is 5.69 Å². The summed E-state index contributed by atoms with van der Waals surface area (Å²) < 4.78 is 12.9. The van der Waals surface area contributed by atoms with Crippen molar-refractivity contribution in [2.75, 3.05) is 25.5 Å². The zero-order chi connectivity index (χ0) is 23.9. The topological polar surface area (TPSA) is 144 Å². The molecular weight excluding hydrogens is 460 g/mol. The molecular formula is C22H26N6O5S. The lowest BCUT2D eigenvalue weighted by molar-refractivity contribution is -0.119. The van der Waals surface area contributed by atoms with Crippen molar-refractivity contribution in [1.29, 1.82) is 0 Å². The fourth-order valence-corrected chi connectivity index (χ4v) is 4.43. The van der Waals surface area contributed by atoms with Crippen LogP contribution in [0.5, 0.6) is 5.75 Å². The van der Waals surface area contributed by atoms with Gasteiger partial charge in [0, 0.05) is 37.0 Å². The Balaban J connectivity index is 1.54. The molecule has 1 saturated heterocycles. The highest BCUT2D eigenvalue weighted by molar-refractivity contribution is 7.99. The predicted octanol–water partition coefficient (Wildman–Crippen LogP) is 1.02. The first-order valence-electron chi connectivity index (χ1n) is 11.0. The van der Waals surface area contributed by atoms with Crippen LogP contribution in [0.15, 0.2) is 45.1 Å². The number of carbonyl (C=O) groups excluding carboxylic acids is 1. The second-order valence-electron chi connectivity index (χ2n) is 7.68. The molecule has 1 atom stereocenters. The number of nitrogens with zero attached hydrogens (tertiary/aromatic N) is 3. The number of aromatic nitrogens is 5. The van der Waals surface area contributed by atoms with Crippen molar-refractivity contribution in [3.8, 4) is 11.4 Å². The van der Waals surface area contributed by atoms with Gasteiger partial charge in [0.1, 0.15) is 11.6 Å². The van der Waals surface area contributed by atoms with Crippen molar-refractivity contribution >= 4 is 17.7 Å². The van der Waals surface area contributed by atoms with E-state index in [9.17, 15) is 14.4 Å². The van der Waals surface area contributed by atoms with Crippen LogP contribution in [0.2, 0.25) is 0 Å². The Morgan fingerprint density at radius 2 is 2.09 bits per heavy atom. The number of hydrogen-bond acceptors (Lipinski definition) is 8. The standard InChI is InChI=1S/C22H26N6O5S/c1-2-32-16-7-5-15(6-8-16)28-18(10-14-11-19(29)25-21(31)24-14)26-27-22(28)34-13-20(30)23-12-17-4-3-9-33-17/h5-8,11,17H,2-4,9-10,12-13H2,1H3,(H,23,30)(H2,24,25,29,31)/t17-/m0/s1. The second kappa shape index (κ2) is 11.2. The molecule has 0 spiro atoms. The Hall–Kier alpha value is -3.38. The molecule has 11 nitrogen and oxygen atoms in total. The van der Waals surface area contributed by atoms with Crippen molar-refractivity contribution in [2.24, 2.45) is 0 Å². The van der Waals surface area contributed by atoms with Crippen molar-refractivity contribution in [2.45, 2.75) is 37.4 Å². The van der Waals surface area contributed by atoms with Gasteiger partial charge in [0.15, 0.2) is 5.16 Å². The number of H-pyrrole nitrogens is 2. The second-order valence-corrected chi connectivity index (χ2v) is 8.62. The minimum absolute atomic E-state index is 0.0734. The van der Waals surface area contributed by atoms with Gasteiger partial charge in [-0.1, -0.05) is 11.8 Å². The highest BCUT2D eigenvalue weighted by atomic mass is 32.2. The molecule has 3 aromatic rings. The summed E-state index contributed by atoms with van der Waals surface area (Å²) in [5.41, 5.74) is 0.0765. The summed E-state index contributed by atoms with van der Waals surface area (Å²) in [4.78, 5) is 40.5. The first-order chi connectivity index (χ1) is 16.5. The van der Waals surface area contributed by atoms with Crippen molar-refractivity contribution < 1.29 is 14.3 Å². The van der Waals surface area contributed by atoms with Crippen LogP contribution in [0, 0.1) is 0 Å². The Morgan fingerprint density at radius 3 is 2.79 bits per heavy atom. The van der Waals surface area contributed by atoms with Crippen molar-refractivity contribution in [3.63, 3.8) is 0 Å². The van der Waals surface area contributed by atoms with Crippen LogP contribution in [-0.2, 0) is 16.0 Å². The number of carbonyl (C=O) groups is 1. The molecule has 4 rings (SSSR count). The molecule has 1 aromatic carbocycles. The first-order valence-corrected chi connectivity index (χ1v) is 12.0. The molecule has 180 valence electrons. The third kappa shape index (κ3) is 6.14. The average Bonchev–Trinajstić information content (AvgIpc) is 3.46. The Bertz CT molecular complexity index is 1200. The molecule has 3 N–H and O–H groups in total. The van der Waals surface area contributed by atoms with Crippen molar-refractivity contribution in [3.05, 3.63) is 62.7 Å². The van der Waals surface area contributed by atoms with E-state index < -0.39 is 11.2 Å². The largest absolute Gasteiger partial charge is 0.494 e. The smallest absolute Gasteiger partial charge is 0.325 e. The van der Waals surface area contributed by atoms with Crippen LogP contribution in [0.1, 0.15) is 31.3 Å². The monoisotopic (exact) mass is 486 g/mol. The van der Waals surface area contributed by atoms with Crippen LogP contribution in [0.3, 0.4) is 0 Å². The lowest BCUT2D eigenvalue weighted by Crippen LogP contribution is -2.32. The molecule has 0 radical (unpaired) electrons. The molecule has 0 unspecified atom stereocenters. The molecule has 0 aliphatic carbocycles. The summed E-state index contributed by atoms with van der Waals surface area (Å²) in [6, 6.07) is 8.70. The zero-order valence-corrected chi connectivity index (χ0v) is 19.5. The zero-order valence-electron chi connectivity index (χ0n) is 18.7. The summed E-state index contributed by atoms with van der Waals surface area (Å²) in [5.74, 6) is 1.27. The predicted molar refractivity (Wildman–Crippen MR) is 126 cm³/mol. The lowest BCUT2D eigenvalue weighted by atomic mass is 10.2. The van der Waals surface area contributed by atoms with Gasteiger partial charge in [0.05, 0.1) is 18.5 Å². The van der Waals surface area contributed by atoms with E-state index in [0.29, 0.717) is 29.8 Å². The Morgan fingerprint density at radius 1 is 1.26 bits per heavy atom. The third-order valence-electron chi connectivity index (χ3n) is 5.15. The summed E-state index contributed by atoms with van der Waals surface area (Å²) in [6.45, 7) is 3.69. The molecule has 1 amide bonds. The number of amides is 1. The van der Waals surface area contributed by atoms with E-state index in [1.807, 2.05) is 31.2 Å². The Labute approximate surface area is 199 Å². The van der Waals surface area contributed by atoms with Gasteiger partial charge in [-0.25, -0.2) is 4.79 Å². The van der Waals surface area contributed by atoms with Gasteiger partial charge in [-0.3, -0.25) is 19.1 Å². The summed E-state index contributed by atoms with van der Waals surface area (Å²) in [6.07, 6.45) is 2.21. The average molecular weight is 487 g/mol. The molecule has 1 aliphatic heterocycles. The van der Waals surface area contributed by atoms with E-state index in [0.717, 1.165) is 30.9 Å². The molecule has 0 saturated carbocycles. The molecule has 34 heavy (non-hydrogen) atoms. The van der Waals surface area contributed by atoms with E-state index in [1.54, 1.807) is 4.57 Å². The maximum Gasteiger partial charge on any atom is 0.325 e. The highest BCUT2D eigenvalue weighted by Gasteiger charge is 2.19. The van der Waals surface area contributed by atoms with Gasteiger partial charge in [0.2, 0.25) is 5.91 Å². The fraction of sp³-hybridized carbons (Fsp3) is 0.409. The molecule has 1 aliphatic rings. The number of thioether (sulfide) groups is 1. The first kappa shape index (κ1) is 23.8. The van der Waals surface area contributed by atoms with Gasteiger partial charge in [0.25, 0.3) is 5.56 Å². The van der Waals surface area contributed by atoms with E-state index in [-0.39, 0.29) is 24.2 Å². The van der Waals surface area contributed by atoms with Gasteiger partial charge in [-0.2, -0.15) is 0 Å². The number of benzene rings is 1. The van der Waals surface area contributed by atoms with Crippen LogP contribution in [0.4, 0.5) is 0 Å². The maximum absolute atomic E-state index is 12.4. The summed E-state index contributed by atoms with van der Waals surface area (Å²) >= 11 is 1.25. The third-order valence-corrected chi connectivity index (χ3v) is 6.08. The van der Waals surface area contributed by atoms with Crippen LogP contribution in [-0.4, -0.2) is 62.3 Å². The van der Waals surface area contributed by atoms with Crippen LogP contribution in [0.25, 0.3) is 5.69 Å². The van der Waals surface area contributed by atoms with Crippen LogP contribution < -0.4 is 21.3 Å². The van der Waals surface area contributed by atoms with Gasteiger partial charge in [-0.05, 0) is 44.0 Å². The van der Waals surface area contributed by atoms with Crippen molar-refractivity contribution in [1.82, 2.24) is 30.0 Å². The van der Waals surface area contributed by atoms with Gasteiger partial charge in [-0.15, -0.1) is 10.2 Å². The quantitative estimate of drug-likeness (QED) is 0.360. The number of hydrogen-bond donors (Lipinski definition) is 3. The van der Waals surface area contributed by atoms with E-state index in [2.05, 4.69) is 25.5 Å². The summed E-state index contributed by atoms with van der Waals surface area (Å²) in [5, 5.41) is 11.9. The van der Waals surface area contributed by atoms with Crippen LogP contribution >= 0.6 is 11.8 Å². The van der Waals surface area contributed by atoms with E-state index >= 15 is 0 Å². The molecule has 0 bridgehead atoms. The lowest BCUT2D eigenvalue weighted by Gasteiger charge is -2.12. The van der Waals surface area contributed by atoms with E-state index in [4.69, 9.17) is 9.47 Å². The fourth-order valence-electron chi connectivity index (χ4n) is 3.62. The minimum atomic E-state index is -0.591. The van der Waals surface area contributed by atoms with Gasteiger partial charge < -0.3 is 19.8 Å². The number of nitrogens with one attached hydrogen (secondary N) is 3. The highest BCUT2D eigenvalue weighted by Crippen LogP contribution is 2.25. The number of aromatic amines is 2. The normalized spacial score (nSPS) is 15.4. The molecule has 2 aromatic heterocycles. The number of ether oxygens (including phenoxy) is 2.